The van der Waals surface area contributed by atoms with Gasteiger partial charge in [0.15, 0.2) is 0 Å². The maximum Gasteiger partial charge on any atom is 0.410 e. The largest absolute Gasteiger partial charge is 0.497 e. The molecule has 2 aliphatic heterocycles. The number of nitrogens with one attached hydrogen (secondary N) is 1. The zero-order valence-corrected chi connectivity index (χ0v) is 22.4. The number of aromatic nitrogens is 1. The lowest BCUT2D eigenvalue weighted by Gasteiger charge is -2.26. The van der Waals surface area contributed by atoms with Gasteiger partial charge in [0, 0.05) is 49.4 Å². The average Bonchev–Trinajstić information content (AvgIpc) is 3.45. The SMILES string of the molecule is COc1ccc(-c2cc(NCCCN3CC4CN(C(=O)OC(C)(C)C)CC4C3)c3ccccc3n2)cc1. The summed E-state index contributed by atoms with van der Waals surface area (Å²) in [6.45, 7) is 11.5. The number of nitrogens with zero attached hydrogens (tertiary/aromatic N) is 3. The van der Waals surface area contributed by atoms with Crippen LogP contribution in [0.4, 0.5) is 10.5 Å². The van der Waals surface area contributed by atoms with Gasteiger partial charge in [-0.05, 0) is 82.0 Å². The highest BCUT2D eigenvalue weighted by atomic mass is 16.6. The first-order valence-electron chi connectivity index (χ1n) is 13.3. The molecule has 2 fully saturated rings. The van der Waals surface area contributed by atoms with Crippen LogP contribution in [0.3, 0.4) is 0 Å². The van der Waals surface area contributed by atoms with Crippen LogP contribution in [0, 0.1) is 11.8 Å². The van der Waals surface area contributed by atoms with Crippen molar-refractivity contribution in [1.29, 1.82) is 0 Å². The lowest BCUT2D eigenvalue weighted by atomic mass is 10.0. The van der Waals surface area contributed by atoms with Crippen molar-refractivity contribution in [1.82, 2.24) is 14.8 Å². The second kappa shape index (κ2) is 10.6. The van der Waals surface area contributed by atoms with Crippen LogP contribution in [0.5, 0.6) is 5.75 Å². The monoisotopic (exact) mass is 502 g/mol. The summed E-state index contributed by atoms with van der Waals surface area (Å²) >= 11 is 0. The van der Waals surface area contributed by atoms with Gasteiger partial charge in [-0.3, -0.25) is 0 Å². The first-order valence-corrected chi connectivity index (χ1v) is 13.3. The minimum atomic E-state index is -0.441. The second-order valence-corrected chi connectivity index (χ2v) is 11.2. The molecule has 0 spiro atoms. The highest BCUT2D eigenvalue weighted by Crippen LogP contribution is 2.32. The van der Waals surface area contributed by atoms with Crippen molar-refractivity contribution in [2.24, 2.45) is 11.8 Å². The van der Waals surface area contributed by atoms with Crippen LogP contribution >= 0.6 is 0 Å². The van der Waals surface area contributed by atoms with E-state index < -0.39 is 5.60 Å². The van der Waals surface area contributed by atoms with Gasteiger partial charge in [0.1, 0.15) is 11.4 Å². The molecule has 196 valence electrons. The number of ether oxygens (including phenoxy) is 2. The van der Waals surface area contributed by atoms with Crippen LogP contribution in [0.2, 0.25) is 0 Å². The van der Waals surface area contributed by atoms with Crippen molar-refractivity contribution in [2.45, 2.75) is 32.8 Å². The molecule has 0 bridgehead atoms. The number of pyridine rings is 1. The van der Waals surface area contributed by atoms with E-state index in [0.29, 0.717) is 11.8 Å². The number of carbonyl (C=O) groups is 1. The Labute approximate surface area is 219 Å². The van der Waals surface area contributed by atoms with Crippen molar-refractivity contribution >= 4 is 22.7 Å². The third-order valence-electron chi connectivity index (χ3n) is 7.28. The van der Waals surface area contributed by atoms with Crippen LogP contribution in [-0.4, -0.2) is 72.9 Å². The molecular formula is C30H38N4O3. The number of anilines is 1. The van der Waals surface area contributed by atoms with Gasteiger partial charge in [0.05, 0.1) is 18.3 Å². The zero-order valence-electron chi connectivity index (χ0n) is 22.4. The number of likely N-dealkylation sites (tertiary alicyclic amines) is 2. The molecule has 7 nitrogen and oxygen atoms in total. The molecule has 1 amide bonds. The number of benzene rings is 2. The Balaban J connectivity index is 1.15. The summed E-state index contributed by atoms with van der Waals surface area (Å²) in [6, 6.07) is 18.5. The summed E-state index contributed by atoms with van der Waals surface area (Å²) < 4.78 is 10.9. The molecule has 37 heavy (non-hydrogen) atoms. The standard InChI is InChI=1S/C30H38N4O3/c1-30(2,3)37-29(35)34-19-22-17-33(18-23(22)20-34)15-7-14-31-28-16-27(21-10-12-24(36-4)13-11-21)32-26-9-6-5-8-25(26)28/h5-6,8-13,16,22-23H,7,14-15,17-20H2,1-4H3,(H,31,32). The summed E-state index contributed by atoms with van der Waals surface area (Å²) in [6.07, 6.45) is 0.889. The molecule has 0 aliphatic carbocycles. The number of fused-ring (bicyclic) bond motifs is 2. The van der Waals surface area contributed by atoms with Crippen molar-refractivity contribution in [3.8, 4) is 17.0 Å². The summed E-state index contributed by atoms with van der Waals surface area (Å²) in [4.78, 5) is 21.8. The Bertz CT molecular complexity index is 1220. The lowest BCUT2D eigenvalue weighted by Crippen LogP contribution is -2.37. The molecule has 5 rings (SSSR count). The Kier molecular flexibility index (Phi) is 7.24. The smallest absolute Gasteiger partial charge is 0.410 e. The quantitative estimate of drug-likeness (QED) is 0.430. The van der Waals surface area contributed by atoms with Gasteiger partial charge in [0.25, 0.3) is 0 Å². The minimum Gasteiger partial charge on any atom is -0.497 e. The van der Waals surface area contributed by atoms with Crippen LogP contribution in [-0.2, 0) is 4.74 Å². The number of hydrogen-bond acceptors (Lipinski definition) is 6. The fraction of sp³-hybridized carbons (Fsp3) is 0.467. The van der Waals surface area contributed by atoms with E-state index in [1.54, 1.807) is 7.11 Å². The summed E-state index contributed by atoms with van der Waals surface area (Å²) in [7, 11) is 1.68. The summed E-state index contributed by atoms with van der Waals surface area (Å²) in [5.41, 5.74) is 3.68. The first-order chi connectivity index (χ1) is 17.8. The van der Waals surface area contributed by atoms with E-state index in [2.05, 4.69) is 34.5 Å². The van der Waals surface area contributed by atoms with E-state index in [1.807, 2.05) is 56.0 Å². The van der Waals surface area contributed by atoms with Gasteiger partial charge in [-0.2, -0.15) is 0 Å². The molecule has 3 aromatic rings. The Morgan fingerprint density at radius 1 is 1.03 bits per heavy atom. The molecule has 7 heteroatoms. The molecule has 0 radical (unpaired) electrons. The predicted octanol–water partition coefficient (Wildman–Crippen LogP) is 5.51. The first kappa shape index (κ1) is 25.3. The number of carbonyl (C=O) groups excluding carboxylic acids is 1. The van der Waals surface area contributed by atoms with Gasteiger partial charge in [-0.25, -0.2) is 9.78 Å². The summed E-state index contributed by atoms with van der Waals surface area (Å²) in [5.74, 6) is 1.94. The maximum atomic E-state index is 12.4. The topological polar surface area (TPSA) is 66.9 Å². The van der Waals surface area contributed by atoms with Crippen molar-refractivity contribution in [3.05, 3.63) is 54.6 Å². The molecule has 1 aromatic heterocycles. The Morgan fingerprint density at radius 3 is 2.41 bits per heavy atom. The van der Waals surface area contributed by atoms with Gasteiger partial charge < -0.3 is 24.6 Å². The molecule has 2 aromatic carbocycles. The average molecular weight is 503 g/mol. The van der Waals surface area contributed by atoms with Gasteiger partial charge in [-0.15, -0.1) is 0 Å². The van der Waals surface area contributed by atoms with E-state index in [9.17, 15) is 4.79 Å². The molecule has 0 saturated carbocycles. The minimum absolute atomic E-state index is 0.170. The Hall–Kier alpha value is -3.32. The molecule has 2 saturated heterocycles. The molecular weight excluding hydrogens is 464 g/mol. The third-order valence-corrected chi connectivity index (χ3v) is 7.28. The zero-order chi connectivity index (χ0) is 26.0. The van der Waals surface area contributed by atoms with E-state index >= 15 is 0 Å². The fourth-order valence-corrected chi connectivity index (χ4v) is 5.51. The molecule has 3 heterocycles. The van der Waals surface area contributed by atoms with Crippen LogP contribution in [0.1, 0.15) is 27.2 Å². The van der Waals surface area contributed by atoms with E-state index in [1.165, 1.54) is 0 Å². The molecule has 2 aliphatic rings. The molecule has 2 unspecified atom stereocenters. The van der Waals surface area contributed by atoms with Crippen molar-refractivity contribution < 1.29 is 14.3 Å². The fourth-order valence-electron chi connectivity index (χ4n) is 5.51. The van der Waals surface area contributed by atoms with E-state index in [4.69, 9.17) is 14.5 Å². The maximum absolute atomic E-state index is 12.4. The van der Waals surface area contributed by atoms with E-state index in [0.717, 1.165) is 79.3 Å². The molecule has 1 N–H and O–H groups in total. The van der Waals surface area contributed by atoms with Crippen LogP contribution in [0.15, 0.2) is 54.6 Å². The van der Waals surface area contributed by atoms with Gasteiger partial charge in [-0.1, -0.05) is 18.2 Å². The number of para-hydroxylation sites is 1. The van der Waals surface area contributed by atoms with Crippen molar-refractivity contribution in [2.75, 3.05) is 51.7 Å². The highest BCUT2D eigenvalue weighted by molar-refractivity contribution is 5.93. The highest BCUT2D eigenvalue weighted by Gasteiger charge is 2.42. The third kappa shape index (κ3) is 5.99. The number of methoxy groups -OCH3 is 1. The molecule has 2 atom stereocenters. The van der Waals surface area contributed by atoms with Crippen molar-refractivity contribution in [3.63, 3.8) is 0 Å². The van der Waals surface area contributed by atoms with Gasteiger partial charge in [0.2, 0.25) is 0 Å². The van der Waals surface area contributed by atoms with Crippen LogP contribution in [0.25, 0.3) is 22.2 Å². The van der Waals surface area contributed by atoms with Gasteiger partial charge >= 0.3 is 6.09 Å². The van der Waals surface area contributed by atoms with Crippen LogP contribution < -0.4 is 10.1 Å². The normalized spacial score (nSPS) is 19.7. The second-order valence-electron chi connectivity index (χ2n) is 11.2. The van der Waals surface area contributed by atoms with E-state index in [-0.39, 0.29) is 6.09 Å². The Morgan fingerprint density at radius 2 is 1.73 bits per heavy atom. The summed E-state index contributed by atoms with van der Waals surface area (Å²) in [5, 5.41) is 4.81. The number of amides is 1. The number of hydrogen-bond donors (Lipinski definition) is 1. The lowest BCUT2D eigenvalue weighted by molar-refractivity contribution is 0.0274. The number of rotatable bonds is 7. The predicted molar refractivity (Wildman–Crippen MR) is 148 cm³/mol.